The topological polar surface area (TPSA) is 18.5 Å². The second kappa shape index (κ2) is 2.84. The standard InChI is InChI=1S/C5H4O2SSe2/c8-5-9-3-4(10-5)7-2-1-6-3/h1-2H2. The molecule has 2 heterocycles. The summed E-state index contributed by atoms with van der Waals surface area (Å²) >= 11 is 5.71. The molecule has 0 saturated heterocycles. The zero-order valence-electron chi connectivity index (χ0n) is 4.96. The Morgan fingerprint density at radius 1 is 1.10 bits per heavy atom. The second-order valence-electron chi connectivity index (χ2n) is 1.73. The third-order valence-corrected chi connectivity index (χ3v) is 7.16. The molecule has 1 aliphatic heterocycles. The van der Waals surface area contributed by atoms with Crippen molar-refractivity contribution < 1.29 is 9.47 Å². The molecule has 0 amide bonds. The summed E-state index contributed by atoms with van der Waals surface area (Å²) in [4.78, 5) is 0. The van der Waals surface area contributed by atoms with Crippen LogP contribution in [0.4, 0.5) is 0 Å². The molecule has 0 spiro atoms. The van der Waals surface area contributed by atoms with Gasteiger partial charge in [0.05, 0.1) is 0 Å². The van der Waals surface area contributed by atoms with E-state index in [1.807, 2.05) is 0 Å². The van der Waals surface area contributed by atoms with Gasteiger partial charge in [-0.05, 0) is 0 Å². The summed E-state index contributed by atoms with van der Waals surface area (Å²) in [5.41, 5.74) is 0. The Labute approximate surface area is 75.3 Å². The summed E-state index contributed by atoms with van der Waals surface area (Å²) < 4.78 is 14.0. The molecule has 0 atom stereocenters. The third kappa shape index (κ3) is 1.25. The molecule has 2 rings (SSSR count). The Kier molecular flexibility index (Phi) is 2.03. The van der Waals surface area contributed by atoms with Crippen LogP contribution in [0, 0.1) is 2.26 Å². The van der Waals surface area contributed by atoms with Crippen LogP contribution in [-0.2, 0) is 0 Å². The Bertz CT molecular complexity index is 264. The van der Waals surface area contributed by atoms with Gasteiger partial charge in [-0.2, -0.15) is 0 Å². The Morgan fingerprint density at radius 3 is 2.10 bits per heavy atom. The molecule has 1 aromatic heterocycles. The van der Waals surface area contributed by atoms with E-state index in [4.69, 9.17) is 21.7 Å². The molecule has 0 N–H and O–H groups in total. The van der Waals surface area contributed by atoms with Crippen molar-refractivity contribution in [3.8, 4) is 9.25 Å². The first-order chi connectivity index (χ1) is 4.86. The summed E-state index contributed by atoms with van der Waals surface area (Å²) in [6.07, 6.45) is 0. The van der Waals surface area contributed by atoms with Crippen LogP contribution >= 0.6 is 12.2 Å². The number of ether oxygens (including phenoxy) is 2. The van der Waals surface area contributed by atoms with Crippen molar-refractivity contribution in [2.45, 2.75) is 0 Å². The van der Waals surface area contributed by atoms with E-state index in [1.54, 1.807) is 0 Å². The molecular weight excluding hydrogens is 282 g/mol. The van der Waals surface area contributed by atoms with Gasteiger partial charge in [-0.25, -0.2) is 0 Å². The Hall–Kier alpha value is 0.469. The molecule has 2 nitrogen and oxygen atoms in total. The molecule has 5 heteroatoms. The fraction of sp³-hybridized carbons (Fsp3) is 0.400. The first-order valence-electron chi connectivity index (χ1n) is 2.76. The van der Waals surface area contributed by atoms with E-state index in [2.05, 4.69) is 0 Å². The van der Waals surface area contributed by atoms with Crippen LogP contribution in [0.3, 0.4) is 0 Å². The fourth-order valence-corrected chi connectivity index (χ4v) is 6.42. The van der Waals surface area contributed by atoms with Crippen molar-refractivity contribution in [2.24, 2.45) is 0 Å². The molecular formula is C5H4O2SSe2. The molecule has 0 radical (unpaired) electrons. The average molecular weight is 286 g/mol. The Balaban J connectivity index is 2.50. The molecule has 54 valence electrons. The first-order valence-corrected chi connectivity index (χ1v) is 6.59. The molecule has 0 fully saturated rings. The second-order valence-corrected chi connectivity index (χ2v) is 8.74. The summed E-state index contributed by atoms with van der Waals surface area (Å²) in [7, 11) is 0. The van der Waals surface area contributed by atoms with Crippen LogP contribution < -0.4 is 9.47 Å². The molecule has 0 aliphatic carbocycles. The van der Waals surface area contributed by atoms with Gasteiger partial charge in [-0.3, -0.25) is 0 Å². The van der Waals surface area contributed by atoms with Crippen molar-refractivity contribution in [2.75, 3.05) is 13.2 Å². The number of hydrogen-bond acceptors (Lipinski definition) is 3. The zero-order valence-corrected chi connectivity index (χ0v) is 9.20. The van der Waals surface area contributed by atoms with Gasteiger partial charge in [0, 0.05) is 0 Å². The molecule has 1 aliphatic rings. The van der Waals surface area contributed by atoms with E-state index in [1.165, 1.54) is 0 Å². The summed E-state index contributed by atoms with van der Waals surface area (Å²) in [6.45, 7) is 1.42. The monoisotopic (exact) mass is 288 g/mol. The molecule has 0 saturated carbocycles. The number of rotatable bonds is 0. The number of fused-ring (bicyclic) bond motifs is 1. The van der Waals surface area contributed by atoms with E-state index in [0.29, 0.717) is 42.2 Å². The predicted molar refractivity (Wildman–Crippen MR) is 42.1 cm³/mol. The van der Waals surface area contributed by atoms with Gasteiger partial charge in [-0.15, -0.1) is 0 Å². The molecule has 0 unspecified atom stereocenters. The van der Waals surface area contributed by atoms with Crippen LogP contribution in [0.25, 0.3) is 0 Å². The van der Waals surface area contributed by atoms with Crippen LogP contribution in [0.5, 0.6) is 9.25 Å². The van der Waals surface area contributed by atoms with Crippen molar-refractivity contribution in [1.82, 2.24) is 0 Å². The minimum absolute atomic E-state index is 0.311. The van der Waals surface area contributed by atoms with Crippen LogP contribution in [-0.4, -0.2) is 42.2 Å². The van der Waals surface area contributed by atoms with Crippen molar-refractivity contribution in [1.29, 1.82) is 0 Å². The van der Waals surface area contributed by atoms with Gasteiger partial charge >= 0.3 is 75.4 Å². The van der Waals surface area contributed by atoms with Crippen molar-refractivity contribution >= 4 is 41.2 Å². The van der Waals surface area contributed by atoms with E-state index in [9.17, 15) is 0 Å². The molecule has 10 heavy (non-hydrogen) atoms. The maximum atomic E-state index is 5.38. The van der Waals surface area contributed by atoms with Crippen LogP contribution in [0.1, 0.15) is 0 Å². The SMILES string of the molecule is S=c1[se]c2c([se]1)OCCO2. The van der Waals surface area contributed by atoms with Crippen LogP contribution in [0.15, 0.2) is 0 Å². The first kappa shape index (κ1) is 7.14. The maximum absolute atomic E-state index is 5.38. The number of hydrogen-bond donors (Lipinski definition) is 0. The Morgan fingerprint density at radius 2 is 1.60 bits per heavy atom. The van der Waals surface area contributed by atoms with E-state index in [-0.39, 0.29) is 0 Å². The van der Waals surface area contributed by atoms with Crippen molar-refractivity contribution in [3.63, 3.8) is 0 Å². The van der Waals surface area contributed by atoms with E-state index in [0.717, 1.165) is 11.5 Å². The quantitative estimate of drug-likeness (QED) is 0.505. The van der Waals surface area contributed by atoms with E-state index < -0.39 is 0 Å². The van der Waals surface area contributed by atoms with Gasteiger partial charge in [0.15, 0.2) is 0 Å². The predicted octanol–water partition coefficient (Wildman–Crippen LogP) is 0.301. The summed E-state index contributed by atoms with van der Waals surface area (Å²) in [5, 5.41) is 0. The molecule has 0 aromatic carbocycles. The van der Waals surface area contributed by atoms with E-state index >= 15 is 0 Å². The van der Waals surface area contributed by atoms with Gasteiger partial charge in [0.2, 0.25) is 0 Å². The van der Waals surface area contributed by atoms with Gasteiger partial charge in [0.25, 0.3) is 0 Å². The van der Waals surface area contributed by atoms with Crippen LogP contribution in [0.2, 0.25) is 0 Å². The van der Waals surface area contributed by atoms with Crippen molar-refractivity contribution in [3.05, 3.63) is 2.26 Å². The summed E-state index contributed by atoms with van der Waals surface area (Å²) in [6, 6.07) is 0. The summed E-state index contributed by atoms with van der Waals surface area (Å²) in [5.74, 6) is 0. The van der Waals surface area contributed by atoms with Gasteiger partial charge < -0.3 is 0 Å². The average Bonchev–Trinajstić information content (AvgIpc) is 2.27. The van der Waals surface area contributed by atoms with Gasteiger partial charge in [0.1, 0.15) is 0 Å². The normalized spacial score (nSPS) is 15.2. The third-order valence-electron chi connectivity index (χ3n) is 1.07. The molecule has 1 aromatic rings. The molecule has 0 bridgehead atoms. The van der Waals surface area contributed by atoms with Gasteiger partial charge in [-0.1, -0.05) is 0 Å². The fourth-order valence-electron chi connectivity index (χ4n) is 0.701. The minimum atomic E-state index is 0.311. The zero-order chi connectivity index (χ0) is 6.97.